The number of rotatable bonds is 3. The Bertz CT molecular complexity index is 453. The monoisotopic (exact) mass is 315 g/mol. The number of carboxylic acids is 1. The predicted molar refractivity (Wildman–Crippen MR) is 70.0 cm³/mol. The summed E-state index contributed by atoms with van der Waals surface area (Å²) < 4.78 is 13.9. The van der Waals surface area contributed by atoms with Crippen molar-refractivity contribution >= 4 is 21.9 Å². The van der Waals surface area contributed by atoms with Crippen molar-refractivity contribution in [3.63, 3.8) is 0 Å². The second-order valence-corrected chi connectivity index (χ2v) is 5.40. The number of halogens is 2. The molecule has 1 aliphatic heterocycles. The van der Waals surface area contributed by atoms with E-state index in [0.717, 1.165) is 18.4 Å². The highest BCUT2D eigenvalue weighted by atomic mass is 79.9. The Morgan fingerprint density at radius 1 is 1.50 bits per heavy atom. The van der Waals surface area contributed by atoms with Crippen LogP contribution in [-0.2, 0) is 11.2 Å². The van der Waals surface area contributed by atoms with Gasteiger partial charge in [-0.15, -0.1) is 0 Å². The molecule has 1 heterocycles. The van der Waals surface area contributed by atoms with E-state index in [2.05, 4.69) is 21.2 Å². The predicted octanol–water partition coefficient (Wildman–Crippen LogP) is 2.73. The fraction of sp³-hybridized carbons (Fsp3) is 0.462. The van der Waals surface area contributed by atoms with Gasteiger partial charge in [0, 0.05) is 6.04 Å². The van der Waals surface area contributed by atoms with Gasteiger partial charge in [-0.2, -0.15) is 0 Å². The van der Waals surface area contributed by atoms with Gasteiger partial charge in [-0.3, -0.25) is 4.79 Å². The molecule has 0 spiro atoms. The topological polar surface area (TPSA) is 49.3 Å². The Morgan fingerprint density at radius 3 is 3.00 bits per heavy atom. The summed E-state index contributed by atoms with van der Waals surface area (Å²) >= 11 is 3.23. The SMILES string of the molecule is O=C(O)C1CCCC(Cc2cccc(F)c2Br)N1. The van der Waals surface area contributed by atoms with E-state index in [1.165, 1.54) is 6.07 Å². The van der Waals surface area contributed by atoms with Crippen LogP contribution in [0.3, 0.4) is 0 Å². The van der Waals surface area contributed by atoms with Gasteiger partial charge in [-0.1, -0.05) is 12.1 Å². The lowest BCUT2D eigenvalue weighted by Gasteiger charge is -2.28. The molecule has 2 rings (SSSR count). The number of nitrogens with one attached hydrogen (secondary N) is 1. The second-order valence-electron chi connectivity index (χ2n) is 4.60. The molecule has 0 amide bonds. The number of hydrogen-bond donors (Lipinski definition) is 2. The molecule has 0 aliphatic carbocycles. The van der Waals surface area contributed by atoms with Crippen molar-refractivity contribution in [2.75, 3.05) is 0 Å². The molecule has 1 aromatic rings. The van der Waals surface area contributed by atoms with Gasteiger partial charge in [0.05, 0.1) is 4.47 Å². The normalized spacial score (nSPS) is 23.9. The van der Waals surface area contributed by atoms with Gasteiger partial charge >= 0.3 is 5.97 Å². The number of carboxylic acid groups (broad SMARTS) is 1. The molecule has 1 aromatic carbocycles. The average molecular weight is 316 g/mol. The van der Waals surface area contributed by atoms with Crippen LogP contribution in [-0.4, -0.2) is 23.2 Å². The first-order valence-corrected chi connectivity index (χ1v) is 6.79. The summed E-state index contributed by atoms with van der Waals surface area (Å²) in [5.41, 5.74) is 0.874. The van der Waals surface area contributed by atoms with Crippen LogP contribution in [0.4, 0.5) is 4.39 Å². The van der Waals surface area contributed by atoms with Gasteiger partial charge in [-0.05, 0) is 53.2 Å². The number of piperidine rings is 1. The maximum absolute atomic E-state index is 13.4. The fourth-order valence-electron chi connectivity index (χ4n) is 2.35. The Balaban J connectivity index is 2.05. The molecular weight excluding hydrogens is 301 g/mol. The minimum atomic E-state index is -0.807. The minimum Gasteiger partial charge on any atom is -0.480 e. The van der Waals surface area contributed by atoms with Crippen molar-refractivity contribution in [3.05, 3.63) is 34.1 Å². The number of carbonyl (C=O) groups is 1. The fourth-order valence-corrected chi connectivity index (χ4v) is 2.77. The van der Waals surface area contributed by atoms with Crippen molar-refractivity contribution in [1.29, 1.82) is 0 Å². The largest absolute Gasteiger partial charge is 0.480 e. The van der Waals surface area contributed by atoms with Gasteiger partial charge in [0.2, 0.25) is 0 Å². The third-order valence-corrected chi connectivity index (χ3v) is 4.17. The third kappa shape index (κ3) is 3.09. The first-order chi connectivity index (χ1) is 8.58. The molecule has 2 atom stereocenters. The Kier molecular flexibility index (Phi) is 4.35. The maximum atomic E-state index is 13.4. The summed E-state index contributed by atoms with van der Waals surface area (Å²) in [6, 6.07) is 4.56. The van der Waals surface area contributed by atoms with Gasteiger partial charge in [0.15, 0.2) is 0 Å². The number of aliphatic carboxylic acids is 1. The van der Waals surface area contributed by atoms with Crippen LogP contribution < -0.4 is 5.32 Å². The summed E-state index contributed by atoms with van der Waals surface area (Å²) in [5.74, 6) is -1.09. The first kappa shape index (κ1) is 13.5. The smallest absolute Gasteiger partial charge is 0.320 e. The second kappa shape index (κ2) is 5.80. The summed E-state index contributed by atoms with van der Waals surface area (Å²) in [7, 11) is 0. The van der Waals surface area contributed by atoms with E-state index in [0.29, 0.717) is 17.3 Å². The van der Waals surface area contributed by atoms with Gasteiger partial charge in [0.1, 0.15) is 11.9 Å². The van der Waals surface area contributed by atoms with Crippen LogP contribution in [0.15, 0.2) is 22.7 Å². The lowest BCUT2D eigenvalue weighted by Crippen LogP contribution is -2.47. The van der Waals surface area contributed by atoms with Crippen molar-refractivity contribution in [2.24, 2.45) is 0 Å². The number of benzene rings is 1. The van der Waals surface area contributed by atoms with Crippen LogP contribution in [0, 0.1) is 5.82 Å². The zero-order valence-corrected chi connectivity index (χ0v) is 11.4. The molecule has 5 heteroatoms. The lowest BCUT2D eigenvalue weighted by molar-refractivity contribution is -0.140. The van der Waals surface area contributed by atoms with Crippen LogP contribution in [0.5, 0.6) is 0 Å². The molecular formula is C13H15BrFNO2. The van der Waals surface area contributed by atoms with E-state index in [1.807, 2.05) is 6.07 Å². The molecule has 0 saturated carbocycles. The van der Waals surface area contributed by atoms with Crippen LogP contribution in [0.1, 0.15) is 24.8 Å². The van der Waals surface area contributed by atoms with E-state index in [9.17, 15) is 9.18 Å². The molecule has 0 aromatic heterocycles. The van der Waals surface area contributed by atoms with Gasteiger partial charge in [0.25, 0.3) is 0 Å². The van der Waals surface area contributed by atoms with Crippen LogP contribution in [0.25, 0.3) is 0 Å². The minimum absolute atomic E-state index is 0.0953. The molecule has 0 radical (unpaired) electrons. The van der Waals surface area contributed by atoms with Crippen LogP contribution in [0.2, 0.25) is 0 Å². The molecule has 3 nitrogen and oxygen atoms in total. The van der Waals surface area contributed by atoms with E-state index < -0.39 is 12.0 Å². The summed E-state index contributed by atoms with van der Waals surface area (Å²) in [6.07, 6.45) is 3.12. The summed E-state index contributed by atoms with van der Waals surface area (Å²) in [6.45, 7) is 0. The van der Waals surface area contributed by atoms with Crippen LogP contribution >= 0.6 is 15.9 Å². The molecule has 2 N–H and O–H groups in total. The zero-order valence-electron chi connectivity index (χ0n) is 9.83. The van der Waals surface area contributed by atoms with Crippen molar-refractivity contribution in [2.45, 2.75) is 37.8 Å². The van der Waals surface area contributed by atoms with E-state index in [1.54, 1.807) is 6.07 Å². The van der Waals surface area contributed by atoms with Crippen molar-refractivity contribution in [3.8, 4) is 0 Å². The van der Waals surface area contributed by atoms with Gasteiger partial charge in [-0.25, -0.2) is 4.39 Å². The van der Waals surface area contributed by atoms with Gasteiger partial charge < -0.3 is 10.4 Å². The summed E-state index contributed by atoms with van der Waals surface area (Å²) in [4.78, 5) is 10.9. The lowest BCUT2D eigenvalue weighted by atomic mass is 9.94. The highest BCUT2D eigenvalue weighted by molar-refractivity contribution is 9.10. The molecule has 1 saturated heterocycles. The molecule has 98 valence electrons. The maximum Gasteiger partial charge on any atom is 0.320 e. The highest BCUT2D eigenvalue weighted by Crippen LogP contribution is 2.24. The molecule has 18 heavy (non-hydrogen) atoms. The zero-order chi connectivity index (χ0) is 13.1. The molecule has 1 aliphatic rings. The Morgan fingerprint density at radius 2 is 2.28 bits per heavy atom. The van der Waals surface area contributed by atoms with Crippen molar-refractivity contribution < 1.29 is 14.3 Å². The third-order valence-electron chi connectivity index (χ3n) is 3.28. The van der Waals surface area contributed by atoms with Crippen molar-refractivity contribution in [1.82, 2.24) is 5.32 Å². The first-order valence-electron chi connectivity index (χ1n) is 5.99. The quantitative estimate of drug-likeness (QED) is 0.901. The Hall–Kier alpha value is -0.940. The molecule has 1 fully saturated rings. The molecule has 2 unspecified atom stereocenters. The van der Waals surface area contributed by atoms with E-state index >= 15 is 0 Å². The Labute approximate surface area is 114 Å². The summed E-state index contributed by atoms with van der Waals surface area (Å²) in [5, 5.41) is 12.1. The number of hydrogen-bond acceptors (Lipinski definition) is 2. The highest BCUT2D eigenvalue weighted by Gasteiger charge is 2.26. The molecule has 0 bridgehead atoms. The van der Waals surface area contributed by atoms with E-state index in [4.69, 9.17) is 5.11 Å². The van der Waals surface area contributed by atoms with E-state index in [-0.39, 0.29) is 11.9 Å². The standard InChI is InChI=1S/C13H15BrFNO2/c14-12-8(3-1-5-10(12)15)7-9-4-2-6-11(16-9)13(17)18/h1,3,5,9,11,16H,2,4,6-7H2,(H,17,18). The average Bonchev–Trinajstić information content (AvgIpc) is 2.35.